The van der Waals surface area contributed by atoms with Crippen molar-refractivity contribution in [1.82, 2.24) is 29.5 Å². The van der Waals surface area contributed by atoms with Crippen molar-refractivity contribution in [3.63, 3.8) is 0 Å². The van der Waals surface area contributed by atoms with Gasteiger partial charge in [0.2, 0.25) is 0 Å². The van der Waals surface area contributed by atoms with E-state index >= 15 is 0 Å². The molecule has 1 N–H and O–H groups in total. The van der Waals surface area contributed by atoms with Crippen molar-refractivity contribution in [1.29, 1.82) is 0 Å². The van der Waals surface area contributed by atoms with Gasteiger partial charge in [-0.1, -0.05) is 25.6 Å². The molecule has 0 spiro atoms. The zero-order valence-corrected chi connectivity index (χ0v) is 21.2. The Morgan fingerprint density at radius 3 is 2.73 bits per heavy atom. The molecule has 2 fully saturated rings. The van der Waals surface area contributed by atoms with Gasteiger partial charge in [-0.2, -0.15) is 5.10 Å². The van der Waals surface area contributed by atoms with Crippen molar-refractivity contribution >= 4 is 23.1 Å². The van der Waals surface area contributed by atoms with Gasteiger partial charge >= 0.3 is 0 Å². The third-order valence-corrected chi connectivity index (χ3v) is 8.70. The van der Waals surface area contributed by atoms with Gasteiger partial charge in [0.25, 0.3) is 0 Å². The Morgan fingerprint density at radius 2 is 2.00 bits per heavy atom. The number of hydrazine groups is 1. The summed E-state index contributed by atoms with van der Waals surface area (Å²) in [6, 6.07) is 0.526. The number of aromatic amines is 1. The van der Waals surface area contributed by atoms with E-state index in [9.17, 15) is 0 Å². The number of aromatic nitrogens is 4. The van der Waals surface area contributed by atoms with Crippen molar-refractivity contribution in [2.24, 2.45) is 5.92 Å². The minimum atomic E-state index is 0.416. The molecule has 1 aliphatic carbocycles. The molecule has 5 heterocycles. The summed E-state index contributed by atoms with van der Waals surface area (Å²) in [6.45, 7) is 16.1. The van der Waals surface area contributed by atoms with Crippen LogP contribution in [0.3, 0.4) is 0 Å². The molecule has 33 heavy (non-hydrogen) atoms. The average Bonchev–Trinajstić information content (AvgIpc) is 3.17. The third kappa shape index (κ3) is 3.58. The second-order valence-corrected chi connectivity index (χ2v) is 11.4. The fourth-order valence-electron chi connectivity index (χ4n) is 5.68. The summed E-state index contributed by atoms with van der Waals surface area (Å²) in [7, 11) is 0. The minimum absolute atomic E-state index is 0.416. The zero-order chi connectivity index (χ0) is 22.9. The molecule has 3 aromatic heterocycles. The number of nitrogens with one attached hydrogen (secondary N) is 1. The van der Waals surface area contributed by atoms with Gasteiger partial charge in [-0.3, -0.25) is 5.01 Å². The number of fused-ring (bicyclic) bond motifs is 2. The van der Waals surface area contributed by atoms with E-state index in [-0.39, 0.29) is 0 Å². The molecule has 176 valence electrons. The second kappa shape index (κ2) is 8.03. The summed E-state index contributed by atoms with van der Waals surface area (Å²) >= 11 is 1.94. The number of hydrogen-bond donors (Lipinski definition) is 1. The fourth-order valence-corrected chi connectivity index (χ4v) is 6.73. The van der Waals surface area contributed by atoms with Gasteiger partial charge in [-0.25, -0.2) is 14.5 Å². The predicted octanol–water partition coefficient (Wildman–Crippen LogP) is 4.67. The molecule has 1 saturated carbocycles. The Bertz CT molecular complexity index is 1190. The minimum Gasteiger partial charge on any atom is -0.348 e. The molecule has 1 saturated heterocycles. The predicted molar refractivity (Wildman–Crippen MR) is 135 cm³/mol. The van der Waals surface area contributed by atoms with Gasteiger partial charge in [-0.15, -0.1) is 0 Å². The molecule has 3 aromatic rings. The van der Waals surface area contributed by atoms with Gasteiger partial charge in [0, 0.05) is 49.5 Å². The van der Waals surface area contributed by atoms with E-state index in [1.54, 1.807) is 6.33 Å². The maximum Gasteiger partial charge on any atom is 0.158 e. The first-order chi connectivity index (χ1) is 15.9. The van der Waals surface area contributed by atoms with Crippen LogP contribution in [-0.4, -0.2) is 67.6 Å². The Morgan fingerprint density at radius 1 is 1.18 bits per heavy atom. The molecule has 7 nitrogen and oxygen atoms in total. The number of rotatable bonds is 5. The molecule has 1 atom stereocenters. The molecule has 3 aliphatic rings. The van der Waals surface area contributed by atoms with Crippen molar-refractivity contribution in [2.45, 2.75) is 64.4 Å². The standard InChI is InChI=1S/C25H35N7S/c1-15(2)21-22(20-12-30-24(26-13-27-30)18(5)17(20)4)28-25-23(21)32(14-33-25)31-9-8-29(10-16(31)3)11-19-6-7-19/h12-13,15-16,19,28H,6-11,14H2,1-5H3. The van der Waals surface area contributed by atoms with E-state index in [1.165, 1.54) is 71.1 Å². The Hall–Kier alpha value is -2.03. The highest BCUT2D eigenvalue weighted by Gasteiger charge is 2.38. The van der Waals surface area contributed by atoms with E-state index in [0.29, 0.717) is 12.0 Å². The van der Waals surface area contributed by atoms with Crippen LogP contribution in [0.5, 0.6) is 0 Å². The highest BCUT2D eigenvalue weighted by atomic mass is 32.2. The molecule has 0 aromatic carbocycles. The highest BCUT2D eigenvalue weighted by Crippen LogP contribution is 2.49. The van der Waals surface area contributed by atoms with Crippen LogP contribution < -0.4 is 5.01 Å². The Kier molecular flexibility index (Phi) is 5.23. The average molecular weight is 466 g/mol. The van der Waals surface area contributed by atoms with E-state index in [4.69, 9.17) is 0 Å². The number of H-pyrrole nitrogens is 1. The number of piperazine rings is 1. The summed E-state index contributed by atoms with van der Waals surface area (Å²) in [6.07, 6.45) is 6.66. The van der Waals surface area contributed by atoms with Gasteiger partial charge in [0.1, 0.15) is 6.33 Å². The van der Waals surface area contributed by atoms with Crippen LogP contribution in [0.15, 0.2) is 17.6 Å². The largest absolute Gasteiger partial charge is 0.348 e. The van der Waals surface area contributed by atoms with Gasteiger partial charge < -0.3 is 9.88 Å². The zero-order valence-electron chi connectivity index (χ0n) is 20.4. The first-order valence-corrected chi connectivity index (χ1v) is 13.4. The molecular weight excluding hydrogens is 430 g/mol. The normalized spacial score (nSPS) is 22.1. The second-order valence-electron chi connectivity index (χ2n) is 10.5. The summed E-state index contributed by atoms with van der Waals surface area (Å²) < 4.78 is 1.92. The lowest BCUT2D eigenvalue weighted by atomic mass is 9.95. The van der Waals surface area contributed by atoms with Crippen LogP contribution in [-0.2, 0) is 0 Å². The number of nitrogens with zero attached hydrogens (tertiary/aromatic N) is 6. The molecular formula is C25H35N7S. The monoisotopic (exact) mass is 465 g/mol. The van der Waals surface area contributed by atoms with E-state index < -0.39 is 0 Å². The quantitative estimate of drug-likeness (QED) is 0.591. The van der Waals surface area contributed by atoms with Gasteiger partial charge in [0.15, 0.2) is 5.65 Å². The molecule has 2 aliphatic heterocycles. The summed E-state index contributed by atoms with van der Waals surface area (Å²) in [5.41, 5.74) is 8.69. The first kappa shape index (κ1) is 21.5. The topological polar surface area (TPSA) is 55.7 Å². The molecule has 1 unspecified atom stereocenters. The van der Waals surface area contributed by atoms with Crippen LogP contribution in [0.2, 0.25) is 0 Å². The van der Waals surface area contributed by atoms with Crippen LogP contribution in [0, 0.1) is 19.8 Å². The number of hydrogen-bond acceptors (Lipinski definition) is 6. The first-order valence-electron chi connectivity index (χ1n) is 12.4. The van der Waals surface area contributed by atoms with Gasteiger partial charge in [0.05, 0.1) is 22.3 Å². The van der Waals surface area contributed by atoms with Crippen molar-refractivity contribution in [2.75, 3.05) is 37.1 Å². The maximum atomic E-state index is 4.45. The summed E-state index contributed by atoms with van der Waals surface area (Å²) in [4.78, 5) is 11.0. The number of anilines is 1. The smallest absolute Gasteiger partial charge is 0.158 e. The SMILES string of the molecule is Cc1c(-c2[nH]c3c(c2C(C)C)N(N2CCN(CC4CC4)CC2C)CS3)cn2ncnc2c1C. The summed E-state index contributed by atoms with van der Waals surface area (Å²) in [5.74, 6) is 2.37. The molecule has 8 heteroatoms. The lowest BCUT2D eigenvalue weighted by Crippen LogP contribution is -2.58. The number of pyridine rings is 1. The fraction of sp³-hybridized carbons (Fsp3) is 0.600. The van der Waals surface area contributed by atoms with Crippen molar-refractivity contribution in [3.05, 3.63) is 29.2 Å². The lowest BCUT2D eigenvalue weighted by Gasteiger charge is -2.45. The maximum absolute atomic E-state index is 4.45. The van der Waals surface area contributed by atoms with E-state index in [0.717, 1.165) is 24.0 Å². The third-order valence-electron chi connectivity index (χ3n) is 7.74. The van der Waals surface area contributed by atoms with Crippen LogP contribution in [0.4, 0.5) is 5.69 Å². The van der Waals surface area contributed by atoms with Gasteiger partial charge in [-0.05, 0) is 56.6 Å². The molecule has 6 rings (SSSR count). The van der Waals surface area contributed by atoms with E-state index in [1.807, 2.05) is 16.3 Å². The molecule has 0 amide bonds. The highest BCUT2D eigenvalue weighted by molar-refractivity contribution is 7.99. The number of thioether (sulfide) groups is 1. The molecule has 0 bridgehead atoms. The van der Waals surface area contributed by atoms with Crippen LogP contribution in [0.1, 0.15) is 56.2 Å². The number of aryl methyl sites for hydroxylation is 1. The van der Waals surface area contributed by atoms with Crippen LogP contribution in [0.25, 0.3) is 16.9 Å². The Balaban J connectivity index is 1.37. The van der Waals surface area contributed by atoms with E-state index in [2.05, 4.69) is 70.8 Å². The Labute approximate surface area is 200 Å². The summed E-state index contributed by atoms with van der Waals surface area (Å²) in [5, 5.41) is 10.9. The van der Waals surface area contributed by atoms with Crippen molar-refractivity contribution in [3.8, 4) is 11.3 Å². The van der Waals surface area contributed by atoms with Crippen LogP contribution >= 0.6 is 11.8 Å². The lowest BCUT2D eigenvalue weighted by molar-refractivity contribution is 0.0745. The van der Waals surface area contributed by atoms with Crippen molar-refractivity contribution < 1.29 is 0 Å². The molecule has 0 radical (unpaired) electrons.